The summed E-state index contributed by atoms with van der Waals surface area (Å²) in [6.45, 7) is 9.73. The molecule has 3 rings (SSSR count). The van der Waals surface area contributed by atoms with Crippen molar-refractivity contribution >= 4 is 17.4 Å². The van der Waals surface area contributed by atoms with E-state index in [1.165, 1.54) is 0 Å². The number of hydrogen-bond donors (Lipinski definition) is 1. The van der Waals surface area contributed by atoms with Crippen LogP contribution >= 0.6 is 0 Å². The number of rotatable bonds is 5. The summed E-state index contributed by atoms with van der Waals surface area (Å²) in [4.78, 5) is 28.0. The van der Waals surface area contributed by atoms with Crippen molar-refractivity contribution in [3.05, 3.63) is 35.4 Å². The van der Waals surface area contributed by atoms with Gasteiger partial charge in [-0.2, -0.15) is 0 Å². The van der Waals surface area contributed by atoms with Crippen LogP contribution in [0, 0.1) is 12.3 Å². The number of carbonyl (C=O) groups excluding carboxylic acids is 1. The Labute approximate surface area is 166 Å². The Hall–Kier alpha value is -2.70. The van der Waals surface area contributed by atoms with Crippen LogP contribution < -0.4 is 15.0 Å². The number of aryl methyl sites for hydroxylation is 2. The predicted molar refractivity (Wildman–Crippen MR) is 110 cm³/mol. The van der Waals surface area contributed by atoms with E-state index in [0.717, 1.165) is 42.0 Å². The monoisotopic (exact) mass is 383 g/mol. The van der Waals surface area contributed by atoms with E-state index in [9.17, 15) is 4.79 Å². The Morgan fingerprint density at radius 3 is 2.79 bits per heavy atom. The van der Waals surface area contributed by atoms with Gasteiger partial charge in [-0.3, -0.25) is 9.78 Å². The summed E-state index contributed by atoms with van der Waals surface area (Å²) in [6, 6.07) is 2.11. The van der Waals surface area contributed by atoms with Gasteiger partial charge in [0.2, 0.25) is 11.8 Å². The third kappa shape index (κ3) is 4.97. The fraction of sp³-hybridized carbons (Fsp3) is 0.524. The summed E-state index contributed by atoms with van der Waals surface area (Å²) in [5.41, 5.74) is 3.87. The molecule has 1 aliphatic heterocycles. The Bertz CT molecular complexity index is 860. The molecule has 0 unspecified atom stereocenters. The minimum absolute atomic E-state index is 0.00219. The first kappa shape index (κ1) is 20.0. The van der Waals surface area contributed by atoms with Gasteiger partial charge in [-0.25, -0.2) is 9.97 Å². The summed E-state index contributed by atoms with van der Waals surface area (Å²) in [5, 5.41) is 2.99. The van der Waals surface area contributed by atoms with Crippen molar-refractivity contribution in [1.82, 2.24) is 15.0 Å². The number of ether oxygens (including phenoxy) is 1. The fourth-order valence-corrected chi connectivity index (χ4v) is 3.36. The van der Waals surface area contributed by atoms with Gasteiger partial charge in [0.25, 0.3) is 0 Å². The van der Waals surface area contributed by atoms with Gasteiger partial charge in [0.15, 0.2) is 0 Å². The van der Waals surface area contributed by atoms with Crippen molar-refractivity contribution in [1.29, 1.82) is 0 Å². The van der Waals surface area contributed by atoms with Crippen LogP contribution in [-0.2, 0) is 17.8 Å². The average molecular weight is 383 g/mol. The molecule has 2 aromatic heterocycles. The molecule has 3 heterocycles. The van der Waals surface area contributed by atoms with Crippen LogP contribution in [0.3, 0.4) is 0 Å². The number of carbonyl (C=O) groups is 1. The highest BCUT2D eigenvalue weighted by atomic mass is 16.5. The number of nitrogens with one attached hydrogen (secondary N) is 1. The maximum absolute atomic E-state index is 12.3. The van der Waals surface area contributed by atoms with E-state index in [4.69, 9.17) is 9.72 Å². The second-order valence-electron chi connectivity index (χ2n) is 8.48. The largest absolute Gasteiger partial charge is 0.480 e. The van der Waals surface area contributed by atoms with Gasteiger partial charge < -0.3 is 15.0 Å². The molecule has 0 bridgehead atoms. The van der Waals surface area contributed by atoms with E-state index in [1.54, 1.807) is 19.5 Å². The number of nitrogens with zero attached hydrogens (tertiary/aromatic N) is 4. The molecule has 2 aromatic rings. The van der Waals surface area contributed by atoms with Crippen LogP contribution in [-0.4, -0.2) is 34.5 Å². The molecule has 0 atom stereocenters. The molecule has 7 nitrogen and oxygen atoms in total. The minimum Gasteiger partial charge on any atom is -0.480 e. The van der Waals surface area contributed by atoms with Crippen LogP contribution in [0.2, 0.25) is 0 Å². The van der Waals surface area contributed by atoms with Gasteiger partial charge in [0, 0.05) is 13.0 Å². The maximum atomic E-state index is 12.3. The van der Waals surface area contributed by atoms with E-state index in [0.29, 0.717) is 24.7 Å². The molecule has 0 radical (unpaired) electrons. The number of fused-ring (bicyclic) bond motifs is 1. The summed E-state index contributed by atoms with van der Waals surface area (Å²) < 4.78 is 5.18. The van der Waals surface area contributed by atoms with Gasteiger partial charge in [-0.15, -0.1) is 0 Å². The van der Waals surface area contributed by atoms with Crippen molar-refractivity contribution in [2.24, 2.45) is 5.41 Å². The molecule has 7 heteroatoms. The fourth-order valence-electron chi connectivity index (χ4n) is 3.36. The van der Waals surface area contributed by atoms with E-state index in [1.807, 2.05) is 6.92 Å². The molecular formula is C21H29N5O2. The molecule has 0 saturated carbocycles. The summed E-state index contributed by atoms with van der Waals surface area (Å²) >= 11 is 0. The molecule has 1 amide bonds. The lowest BCUT2D eigenvalue weighted by Gasteiger charge is -2.31. The number of aromatic nitrogens is 3. The molecule has 0 saturated heterocycles. The van der Waals surface area contributed by atoms with Crippen molar-refractivity contribution in [3.8, 4) is 5.88 Å². The van der Waals surface area contributed by atoms with Crippen LogP contribution in [0.1, 0.15) is 50.6 Å². The zero-order valence-electron chi connectivity index (χ0n) is 17.4. The van der Waals surface area contributed by atoms with Crippen molar-refractivity contribution in [2.45, 2.75) is 53.5 Å². The lowest BCUT2D eigenvalue weighted by Crippen LogP contribution is -2.30. The summed E-state index contributed by atoms with van der Waals surface area (Å²) in [7, 11) is 1.59. The normalized spacial score (nSPS) is 13.8. The Morgan fingerprint density at radius 2 is 2.07 bits per heavy atom. The van der Waals surface area contributed by atoms with Gasteiger partial charge in [-0.1, -0.05) is 20.8 Å². The van der Waals surface area contributed by atoms with Gasteiger partial charge in [0.05, 0.1) is 43.1 Å². The standard InChI is InChI=1S/C21H29N5O2/c1-14-9-17-16(24-20(14)25-18(27)10-21(2,3)4)7-6-8-26(17)13-15-11-22-12-19(23-15)28-5/h9,11-12H,6-8,10,13H2,1-5H3,(H,24,25,27). The molecule has 0 aliphatic carbocycles. The Morgan fingerprint density at radius 1 is 1.29 bits per heavy atom. The SMILES string of the molecule is COc1cncc(CN2CCCc3nc(NC(=O)CC(C)(C)C)c(C)cc32)n1. The topological polar surface area (TPSA) is 80.2 Å². The zero-order chi connectivity index (χ0) is 20.3. The van der Waals surface area contributed by atoms with Crippen molar-refractivity contribution in [2.75, 3.05) is 23.9 Å². The average Bonchev–Trinajstić information content (AvgIpc) is 2.61. The first-order valence-electron chi connectivity index (χ1n) is 9.65. The Kier molecular flexibility index (Phi) is 5.82. The lowest BCUT2D eigenvalue weighted by atomic mass is 9.92. The van der Waals surface area contributed by atoms with E-state index in [-0.39, 0.29) is 11.3 Å². The summed E-state index contributed by atoms with van der Waals surface area (Å²) in [6.07, 6.45) is 5.74. The van der Waals surface area contributed by atoms with Gasteiger partial charge >= 0.3 is 0 Å². The quantitative estimate of drug-likeness (QED) is 0.851. The first-order chi connectivity index (χ1) is 13.2. The Balaban J connectivity index is 1.80. The highest BCUT2D eigenvalue weighted by molar-refractivity contribution is 5.91. The second-order valence-corrected chi connectivity index (χ2v) is 8.48. The molecule has 0 fully saturated rings. The number of amides is 1. The van der Waals surface area contributed by atoms with E-state index in [2.05, 4.69) is 47.0 Å². The molecule has 150 valence electrons. The second kappa shape index (κ2) is 8.12. The van der Waals surface area contributed by atoms with E-state index < -0.39 is 0 Å². The number of hydrogen-bond acceptors (Lipinski definition) is 6. The first-order valence-corrected chi connectivity index (χ1v) is 9.65. The van der Waals surface area contributed by atoms with Crippen LogP contribution in [0.5, 0.6) is 5.88 Å². The van der Waals surface area contributed by atoms with Crippen LogP contribution in [0.15, 0.2) is 18.5 Å². The summed E-state index contributed by atoms with van der Waals surface area (Å²) in [5.74, 6) is 1.18. The highest BCUT2D eigenvalue weighted by Crippen LogP contribution is 2.31. The third-order valence-electron chi connectivity index (χ3n) is 4.62. The minimum atomic E-state index is -0.0548. The van der Waals surface area contributed by atoms with Crippen LogP contribution in [0.4, 0.5) is 11.5 Å². The smallest absolute Gasteiger partial charge is 0.232 e. The molecule has 1 N–H and O–H groups in total. The van der Waals surface area contributed by atoms with Crippen molar-refractivity contribution < 1.29 is 9.53 Å². The zero-order valence-corrected chi connectivity index (χ0v) is 17.4. The molecule has 1 aliphatic rings. The lowest BCUT2D eigenvalue weighted by molar-refractivity contribution is -0.117. The number of anilines is 2. The molecule has 0 spiro atoms. The third-order valence-corrected chi connectivity index (χ3v) is 4.62. The van der Waals surface area contributed by atoms with Crippen molar-refractivity contribution in [3.63, 3.8) is 0 Å². The molecular weight excluding hydrogens is 354 g/mol. The number of methoxy groups -OCH3 is 1. The van der Waals surface area contributed by atoms with Gasteiger partial charge in [0.1, 0.15) is 5.82 Å². The highest BCUT2D eigenvalue weighted by Gasteiger charge is 2.22. The maximum Gasteiger partial charge on any atom is 0.232 e. The number of pyridine rings is 1. The molecule has 28 heavy (non-hydrogen) atoms. The van der Waals surface area contributed by atoms with E-state index >= 15 is 0 Å². The molecule has 0 aromatic carbocycles. The predicted octanol–water partition coefficient (Wildman–Crippen LogP) is 3.52. The van der Waals surface area contributed by atoms with Gasteiger partial charge in [-0.05, 0) is 36.8 Å². The van der Waals surface area contributed by atoms with Crippen LogP contribution in [0.25, 0.3) is 0 Å².